The van der Waals surface area contributed by atoms with Gasteiger partial charge in [0.1, 0.15) is 22.3 Å². The molecule has 1 aliphatic carbocycles. The molecule has 0 bridgehead atoms. The fourth-order valence-electron chi connectivity index (χ4n) is 4.97. The smallest absolute Gasteiger partial charge is 0.266 e. The first-order valence-corrected chi connectivity index (χ1v) is 13.9. The maximum atomic E-state index is 13.3. The highest BCUT2D eigenvalue weighted by Crippen LogP contribution is 2.45. The Kier molecular flexibility index (Phi) is 7.77. The lowest BCUT2D eigenvalue weighted by Crippen LogP contribution is -2.53. The second kappa shape index (κ2) is 10.9. The van der Waals surface area contributed by atoms with E-state index in [2.05, 4.69) is 21.9 Å². The predicted octanol–water partition coefficient (Wildman–Crippen LogP) is 2.05. The van der Waals surface area contributed by atoms with E-state index >= 15 is 0 Å². The molecular formula is C27H32N4O6S. The first-order valence-electron chi connectivity index (χ1n) is 12.4. The lowest BCUT2D eigenvalue weighted by Gasteiger charge is -2.28. The number of rotatable bonds is 10. The van der Waals surface area contributed by atoms with E-state index in [0.29, 0.717) is 24.4 Å². The highest BCUT2D eigenvalue weighted by atomic mass is 32.2. The second-order valence-corrected chi connectivity index (χ2v) is 11.1. The number of sulfonamides is 1. The van der Waals surface area contributed by atoms with Crippen molar-refractivity contribution in [3.05, 3.63) is 67.3 Å². The molecule has 11 heteroatoms. The normalized spacial score (nSPS) is 24.3. The highest BCUT2D eigenvalue weighted by molar-refractivity contribution is 7.90. The summed E-state index contributed by atoms with van der Waals surface area (Å²) in [5, 5.41) is 5.54. The van der Waals surface area contributed by atoms with Crippen LogP contribution in [0.4, 0.5) is 5.69 Å². The van der Waals surface area contributed by atoms with Gasteiger partial charge in [-0.2, -0.15) is 0 Å². The Bertz CT molecular complexity index is 1330. The summed E-state index contributed by atoms with van der Waals surface area (Å²) in [4.78, 5) is 40.3. The van der Waals surface area contributed by atoms with Gasteiger partial charge < -0.3 is 20.3 Å². The quantitative estimate of drug-likeness (QED) is 0.393. The molecule has 0 radical (unpaired) electrons. The van der Waals surface area contributed by atoms with E-state index in [1.165, 1.54) is 19.1 Å². The summed E-state index contributed by atoms with van der Waals surface area (Å²) in [7, 11) is -2.64. The maximum absolute atomic E-state index is 13.3. The topological polar surface area (TPSA) is 134 Å². The molecule has 1 saturated carbocycles. The Morgan fingerprint density at radius 2 is 1.82 bits per heavy atom. The lowest BCUT2D eigenvalue weighted by atomic mass is 10.1. The summed E-state index contributed by atoms with van der Waals surface area (Å²) in [6.07, 6.45) is 1.77. The van der Waals surface area contributed by atoms with Crippen LogP contribution in [0.25, 0.3) is 0 Å². The van der Waals surface area contributed by atoms with E-state index in [-0.39, 0.29) is 23.6 Å². The zero-order valence-electron chi connectivity index (χ0n) is 21.3. The number of para-hydroxylation sites is 2. The van der Waals surface area contributed by atoms with Crippen LogP contribution in [0, 0.1) is 5.92 Å². The molecule has 3 N–H and O–H groups in total. The van der Waals surface area contributed by atoms with Gasteiger partial charge in [-0.1, -0.05) is 36.4 Å². The van der Waals surface area contributed by atoms with Gasteiger partial charge in [-0.05, 0) is 30.7 Å². The van der Waals surface area contributed by atoms with E-state index in [1.807, 2.05) is 18.2 Å². The molecule has 2 aromatic carbocycles. The third-order valence-corrected chi connectivity index (χ3v) is 8.44. The maximum Gasteiger partial charge on any atom is 0.266 e. The van der Waals surface area contributed by atoms with Gasteiger partial charge in [-0.3, -0.25) is 14.4 Å². The number of carbonyl (C=O) groups is 3. The molecule has 1 saturated heterocycles. The van der Waals surface area contributed by atoms with Crippen molar-refractivity contribution in [2.45, 2.75) is 48.8 Å². The van der Waals surface area contributed by atoms with Gasteiger partial charge >= 0.3 is 0 Å². The van der Waals surface area contributed by atoms with Crippen molar-refractivity contribution in [2.24, 2.45) is 5.92 Å². The monoisotopic (exact) mass is 540 g/mol. The zero-order valence-corrected chi connectivity index (χ0v) is 22.2. The molecule has 10 nitrogen and oxygen atoms in total. The van der Waals surface area contributed by atoms with Crippen molar-refractivity contribution < 1.29 is 27.5 Å². The fraction of sp³-hybridized carbons (Fsp3) is 0.370. The third-order valence-electron chi connectivity index (χ3n) is 7.05. The number of hydrogen-bond donors (Lipinski definition) is 3. The molecule has 0 aromatic heterocycles. The molecule has 3 amide bonds. The van der Waals surface area contributed by atoms with Crippen molar-refractivity contribution in [1.29, 1.82) is 0 Å². The van der Waals surface area contributed by atoms with Crippen LogP contribution in [-0.4, -0.2) is 62.3 Å². The second-order valence-electron chi connectivity index (χ2n) is 9.49. The Hall–Kier alpha value is -3.86. The first-order chi connectivity index (χ1) is 18.1. The summed E-state index contributed by atoms with van der Waals surface area (Å²) in [6.45, 7) is 5.60. The lowest BCUT2D eigenvalue weighted by molar-refractivity contribution is -0.133. The Labute approximate surface area is 222 Å². The van der Waals surface area contributed by atoms with Crippen molar-refractivity contribution in [1.82, 2.24) is 14.9 Å². The minimum atomic E-state index is -4.22. The molecule has 1 heterocycles. The Balaban J connectivity index is 1.49. The molecule has 202 valence electrons. The van der Waals surface area contributed by atoms with Crippen LogP contribution in [0.3, 0.4) is 0 Å². The number of likely N-dealkylation sites (tertiary alicyclic amines) is 1. The Morgan fingerprint density at radius 1 is 1.13 bits per heavy atom. The van der Waals surface area contributed by atoms with Crippen LogP contribution in [0.2, 0.25) is 0 Å². The van der Waals surface area contributed by atoms with Crippen LogP contribution >= 0.6 is 0 Å². The van der Waals surface area contributed by atoms with Gasteiger partial charge in [0.25, 0.3) is 15.9 Å². The molecule has 4 atom stereocenters. The molecule has 4 rings (SSSR count). The number of hydrogen-bond acceptors (Lipinski definition) is 7. The number of nitrogens with one attached hydrogen (secondary N) is 3. The fourth-order valence-corrected chi connectivity index (χ4v) is 6.22. The van der Waals surface area contributed by atoms with E-state index in [9.17, 15) is 22.8 Å². The first kappa shape index (κ1) is 27.2. The average Bonchev–Trinajstić information content (AvgIpc) is 3.48. The van der Waals surface area contributed by atoms with Crippen molar-refractivity contribution in [2.75, 3.05) is 18.9 Å². The molecule has 38 heavy (non-hydrogen) atoms. The molecule has 2 aromatic rings. The minimum Gasteiger partial charge on any atom is -0.488 e. The Morgan fingerprint density at radius 3 is 2.45 bits per heavy atom. The van der Waals surface area contributed by atoms with Gasteiger partial charge in [0.05, 0.1) is 18.2 Å². The summed E-state index contributed by atoms with van der Waals surface area (Å²) in [5.74, 6) is -1.32. The van der Waals surface area contributed by atoms with Gasteiger partial charge in [0, 0.05) is 32.9 Å². The van der Waals surface area contributed by atoms with E-state index in [1.54, 1.807) is 42.3 Å². The van der Waals surface area contributed by atoms with E-state index < -0.39 is 45.4 Å². The SMILES string of the molecule is C=C[C@@H]1C[C@]1(NC(=O)CC1C(Oc2ccccc2)CCN1C(C)=O)C(=O)NS(=O)(=O)c1ccccc1NC. The minimum absolute atomic E-state index is 0.0860. The summed E-state index contributed by atoms with van der Waals surface area (Å²) in [6, 6.07) is 14.8. The molecule has 2 fully saturated rings. The number of anilines is 1. The number of nitrogens with zero attached hydrogens (tertiary/aromatic N) is 1. The van der Waals surface area contributed by atoms with Crippen LogP contribution in [0.1, 0.15) is 26.2 Å². The standard InChI is InChI=1S/C27H32N4O6S/c1-4-19-17-27(19,26(34)30-38(35,36)24-13-9-8-12-21(24)28-3)29-25(33)16-22-23(14-15-31(22)18(2)32)37-20-10-6-5-7-11-20/h4-13,19,22-23,28H,1,14-17H2,2-3H3,(H,29,33)(H,30,34)/t19-,22?,23?,27-/m1/s1. The van der Waals surface area contributed by atoms with E-state index in [4.69, 9.17) is 4.74 Å². The van der Waals surface area contributed by atoms with Crippen LogP contribution in [-0.2, 0) is 24.4 Å². The molecular weight excluding hydrogens is 508 g/mol. The number of benzene rings is 2. The third kappa shape index (κ3) is 5.52. The molecule has 1 aliphatic heterocycles. The highest BCUT2D eigenvalue weighted by Gasteiger charge is 2.60. The molecule has 0 spiro atoms. The molecule has 2 unspecified atom stereocenters. The summed E-state index contributed by atoms with van der Waals surface area (Å²) in [5.41, 5.74) is -1.12. The van der Waals surface area contributed by atoms with Crippen LogP contribution < -0.4 is 20.1 Å². The van der Waals surface area contributed by atoms with Gasteiger partial charge in [-0.15, -0.1) is 6.58 Å². The van der Waals surface area contributed by atoms with Gasteiger partial charge in [0.2, 0.25) is 11.8 Å². The average molecular weight is 541 g/mol. The number of carbonyl (C=O) groups excluding carboxylic acids is 3. The predicted molar refractivity (Wildman–Crippen MR) is 142 cm³/mol. The van der Waals surface area contributed by atoms with Crippen molar-refractivity contribution in [3.63, 3.8) is 0 Å². The van der Waals surface area contributed by atoms with Crippen molar-refractivity contribution in [3.8, 4) is 5.75 Å². The van der Waals surface area contributed by atoms with E-state index in [0.717, 1.165) is 0 Å². The summed E-state index contributed by atoms with van der Waals surface area (Å²) < 4.78 is 34.2. The number of amides is 3. The summed E-state index contributed by atoms with van der Waals surface area (Å²) >= 11 is 0. The largest absolute Gasteiger partial charge is 0.488 e. The number of ether oxygens (including phenoxy) is 1. The van der Waals surface area contributed by atoms with Crippen LogP contribution in [0.15, 0.2) is 72.1 Å². The zero-order chi connectivity index (χ0) is 27.5. The van der Waals surface area contributed by atoms with Crippen LogP contribution in [0.5, 0.6) is 5.75 Å². The molecule has 2 aliphatic rings. The van der Waals surface area contributed by atoms with Gasteiger partial charge in [-0.25, -0.2) is 13.1 Å². The van der Waals surface area contributed by atoms with Crippen molar-refractivity contribution >= 4 is 33.4 Å². The van der Waals surface area contributed by atoms with Gasteiger partial charge in [0.15, 0.2) is 0 Å².